The minimum Gasteiger partial charge on any atom is -0.373 e. The highest BCUT2D eigenvalue weighted by Crippen LogP contribution is 2.35. The minimum atomic E-state index is -0.364. The monoisotopic (exact) mass is 332 g/mol. The first-order valence-corrected chi connectivity index (χ1v) is 7.64. The molecule has 0 aliphatic heterocycles. The number of ether oxygens (including phenoxy) is 1. The lowest BCUT2D eigenvalue weighted by Gasteiger charge is -2.36. The molecule has 6 heteroatoms. The third-order valence-electron chi connectivity index (χ3n) is 3.50. The Morgan fingerprint density at radius 2 is 2.21 bits per heavy atom. The molecule has 3 N–H and O–H groups in total. The predicted molar refractivity (Wildman–Crippen MR) is 80.6 cm³/mol. The van der Waals surface area contributed by atoms with Crippen LogP contribution >= 0.6 is 15.9 Å². The third-order valence-corrected chi connectivity index (χ3v) is 4.11. The van der Waals surface area contributed by atoms with E-state index in [1.165, 1.54) is 0 Å². The maximum absolute atomic E-state index is 5.94. The summed E-state index contributed by atoms with van der Waals surface area (Å²) in [5.41, 5.74) is 3.58. The highest BCUT2D eigenvalue weighted by atomic mass is 79.9. The number of nitrogens with zero attached hydrogens (tertiary/aromatic N) is 2. The zero-order chi connectivity index (χ0) is 14.5. The van der Waals surface area contributed by atoms with Crippen LogP contribution in [0.3, 0.4) is 0 Å². The Labute approximate surface area is 124 Å². The number of nitrogens with two attached hydrogens (primary N) is 1. The van der Waals surface area contributed by atoms with E-state index < -0.39 is 0 Å². The summed E-state index contributed by atoms with van der Waals surface area (Å²) in [6.07, 6.45) is 3.70. The van der Waals surface area contributed by atoms with Crippen LogP contribution in [0.5, 0.6) is 0 Å². The van der Waals surface area contributed by atoms with Gasteiger partial charge >= 0.3 is 0 Å². The topological polar surface area (TPSA) is 65.1 Å². The molecule has 0 saturated heterocycles. The Kier molecular flexibility index (Phi) is 6.46. The maximum atomic E-state index is 5.94. The van der Waals surface area contributed by atoms with E-state index in [1.54, 1.807) is 0 Å². The lowest BCUT2D eigenvalue weighted by atomic mass is 9.91. The average Bonchev–Trinajstić information content (AvgIpc) is 2.73. The highest BCUT2D eigenvalue weighted by Gasteiger charge is 2.37. The highest BCUT2D eigenvalue weighted by molar-refractivity contribution is 9.10. The Balaban J connectivity index is 3.18. The zero-order valence-electron chi connectivity index (χ0n) is 12.2. The maximum Gasteiger partial charge on any atom is 0.0926 e. The molecular weight excluding hydrogens is 308 g/mol. The number of halogens is 1. The van der Waals surface area contributed by atoms with Gasteiger partial charge in [0.25, 0.3) is 0 Å². The van der Waals surface area contributed by atoms with Crippen molar-refractivity contribution in [3.63, 3.8) is 0 Å². The number of hydrogen-bond donors (Lipinski definition) is 2. The standard InChI is InChI=1S/C13H25BrN4O/c1-5-8-18-11(10(14)9-16-18)12(17-15)13(4,6-2)19-7-3/h9,12,17H,5-8,15H2,1-4H3. The van der Waals surface area contributed by atoms with Gasteiger partial charge in [-0.15, -0.1) is 0 Å². The first-order chi connectivity index (χ1) is 9.03. The van der Waals surface area contributed by atoms with Crippen molar-refractivity contribution in [2.45, 2.75) is 58.7 Å². The number of aromatic nitrogens is 2. The van der Waals surface area contributed by atoms with Crippen LogP contribution in [0, 0.1) is 0 Å². The second kappa shape index (κ2) is 7.38. The molecular formula is C13H25BrN4O. The lowest BCUT2D eigenvalue weighted by molar-refractivity contribution is -0.0585. The van der Waals surface area contributed by atoms with Gasteiger partial charge in [0, 0.05) is 13.2 Å². The fourth-order valence-corrected chi connectivity index (χ4v) is 2.84. The van der Waals surface area contributed by atoms with Crippen molar-refractivity contribution in [2.24, 2.45) is 5.84 Å². The molecule has 0 aromatic carbocycles. The van der Waals surface area contributed by atoms with E-state index in [-0.39, 0.29) is 11.6 Å². The summed E-state index contributed by atoms with van der Waals surface area (Å²) in [5, 5.41) is 4.40. The van der Waals surface area contributed by atoms with Crippen LogP contribution in [-0.2, 0) is 11.3 Å². The van der Waals surface area contributed by atoms with E-state index in [9.17, 15) is 0 Å². The van der Waals surface area contributed by atoms with Crippen molar-refractivity contribution in [1.29, 1.82) is 0 Å². The number of nitrogens with one attached hydrogen (secondary N) is 1. The number of hydrogen-bond acceptors (Lipinski definition) is 4. The van der Waals surface area contributed by atoms with Crippen molar-refractivity contribution in [3.05, 3.63) is 16.4 Å². The van der Waals surface area contributed by atoms with E-state index in [0.717, 1.165) is 29.6 Å². The van der Waals surface area contributed by atoms with Crippen LogP contribution in [0.25, 0.3) is 0 Å². The fourth-order valence-electron chi connectivity index (χ4n) is 2.31. The van der Waals surface area contributed by atoms with Crippen molar-refractivity contribution in [3.8, 4) is 0 Å². The molecule has 1 rings (SSSR count). The molecule has 0 fully saturated rings. The molecule has 0 radical (unpaired) electrons. The fraction of sp³-hybridized carbons (Fsp3) is 0.769. The average molecular weight is 333 g/mol. The van der Waals surface area contributed by atoms with Gasteiger partial charge in [-0.05, 0) is 42.6 Å². The van der Waals surface area contributed by atoms with Crippen LogP contribution in [0.2, 0.25) is 0 Å². The Hall–Kier alpha value is -0.430. The summed E-state index contributed by atoms with van der Waals surface area (Å²) in [6.45, 7) is 9.84. The molecule has 0 aliphatic carbocycles. The van der Waals surface area contributed by atoms with E-state index in [4.69, 9.17) is 10.6 Å². The van der Waals surface area contributed by atoms with E-state index in [1.807, 2.05) is 17.8 Å². The van der Waals surface area contributed by atoms with E-state index in [2.05, 4.69) is 47.2 Å². The second-order valence-corrected chi connectivity index (χ2v) is 5.65. The molecule has 1 aromatic rings. The summed E-state index contributed by atoms with van der Waals surface area (Å²) in [7, 11) is 0. The van der Waals surface area contributed by atoms with Gasteiger partial charge in [0.15, 0.2) is 0 Å². The summed E-state index contributed by atoms with van der Waals surface area (Å²) >= 11 is 3.57. The minimum absolute atomic E-state index is 0.110. The molecule has 1 heterocycles. The molecule has 0 amide bonds. The van der Waals surface area contributed by atoms with Gasteiger partial charge in [-0.25, -0.2) is 5.43 Å². The summed E-state index contributed by atoms with van der Waals surface area (Å²) in [4.78, 5) is 0. The Bertz CT molecular complexity index is 396. The van der Waals surface area contributed by atoms with Crippen molar-refractivity contribution >= 4 is 15.9 Å². The van der Waals surface area contributed by atoms with Gasteiger partial charge in [0.1, 0.15) is 0 Å². The molecule has 2 atom stereocenters. The normalized spacial score (nSPS) is 16.3. The largest absolute Gasteiger partial charge is 0.373 e. The van der Waals surface area contributed by atoms with E-state index in [0.29, 0.717) is 6.61 Å². The van der Waals surface area contributed by atoms with Crippen LogP contribution in [-0.4, -0.2) is 22.0 Å². The Morgan fingerprint density at radius 3 is 2.68 bits per heavy atom. The molecule has 110 valence electrons. The molecule has 2 unspecified atom stereocenters. The van der Waals surface area contributed by atoms with Gasteiger partial charge in [-0.3, -0.25) is 10.5 Å². The molecule has 0 aliphatic rings. The number of aryl methyl sites for hydroxylation is 1. The molecule has 0 bridgehead atoms. The number of hydrazine groups is 1. The van der Waals surface area contributed by atoms with Gasteiger partial charge in [0.05, 0.1) is 28.0 Å². The number of rotatable bonds is 8. The van der Waals surface area contributed by atoms with Crippen LogP contribution in [0.15, 0.2) is 10.7 Å². The van der Waals surface area contributed by atoms with Crippen molar-refractivity contribution in [1.82, 2.24) is 15.2 Å². The second-order valence-electron chi connectivity index (χ2n) is 4.80. The van der Waals surface area contributed by atoms with Gasteiger partial charge in [-0.2, -0.15) is 5.10 Å². The first-order valence-electron chi connectivity index (χ1n) is 6.85. The molecule has 0 saturated carbocycles. The van der Waals surface area contributed by atoms with Gasteiger partial charge in [0.2, 0.25) is 0 Å². The zero-order valence-corrected chi connectivity index (χ0v) is 13.8. The van der Waals surface area contributed by atoms with Crippen molar-refractivity contribution < 1.29 is 4.74 Å². The Morgan fingerprint density at radius 1 is 1.53 bits per heavy atom. The van der Waals surface area contributed by atoms with Crippen LogP contribution < -0.4 is 11.3 Å². The third kappa shape index (κ3) is 3.56. The lowest BCUT2D eigenvalue weighted by Crippen LogP contribution is -2.47. The SMILES string of the molecule is CCCn1ncc(Br)c1C(NN)C(C)(CC)OCC. The van der Waals surface area contributed by atoms with E-state index >= 15 is 0 Å². The van der Waals surface area contributed by atoms with Crippen molar-refractivity contribution in [2.75, 3.05) is 6.61 Å². The summed E-state index contributed by atoms with van der Waals surface area (Å²) in [6, 6.07) is -0.110. The summed E-state index contributed by atoms with van der Waals surface area (Å²) < 4.78 is 8.89. The quantitative estimate of drug-likeness (QED) is 0.567. The first kappa shape index (κ1) is 16.6. The summed E-state index contributed by atoms with van der Waals surface area (Å²) in [5.74, 6) is 5.80. The van der Waals surface area contributed by atoms with Crippen LogP contribution in [0.4, 0.5) is 0 Å². The van der Waals surface area contributed by atoms with Gasteiger partial charge in [-0.1, -0.05) is 13.8 Å². The predicted octanol–water partition coefficient (Wildman–Crippen LogP) is 2.77. The molecule has 0 spiro atoms. The smallest absolute Gasteiger partial charge is 0.0926 e. The van der Waals surface area contributed by atoms with Gasteiger partial charge < -0.3 is 4.74 Å². The molecule has 19 heavy (non-hydrogen) atoms. The molecule has 1 aromatic heterocycles. The van der Waals surface area contributed by atoms with Crippen LogP contribution in [0.1, 0.15) is 52.3 Å². The molecule has 5 nitrogen and oxygen atoms in total.